The van der Waals surface area contributed by atoms with E-state index in [2.05, 4.69) is 15.7 Å². The number of aromatic nitrogens is 2. The minimum Gasteiger partial charge on any atom is -0.323 e. The Kier molecular flexibility index (Phi) is 5.02. The van der Waals surface area contributed by atoms with Gasteiger partial charge in [0.25, 0.3) is 0 Å². The quantitative estimate of drug-likeness (QED) is 0.622. The van der Waals surface area contributed by atoms with E-state index >= 15 is 0 Å². The van der Waals surface area contributed by atoms with Gasteiger partial charge in [-0.25, -0.2) is 9.07 Å². The standard InChI is InChI=1S/C20H15Cl2FN4O2/c1-10-18(11-5-7-12(23)8-6-11)26-27-15(9-16(28)25-19(10)27)20(29)24-14-4-2-3-13(21)17(14)22/h2-8,15H,9H2,1H3,(H,24,29)(H,25,28)/t15-/m0/s1. The third-order valence-electron chi connectivity index (χ3n) is 4.71. The number of nitrogens with zero attached hydrogens (tertiary/aromatic N) is 2. The summed E-state index contributed by atoms with van der Waals surface area (Å²) < 4.78 is 14.7. The lowest BCUT2D eigenvalue weighted by molar-refractivity contribution is -0.125. The molecule has 2 heterocycles. The Bertz CT molecular complexity index is 1130. The molecule has 29 heavy (non-hydrogen) atoms. The van der Waals surface area contributed by atoms with Crippen molar-refractivity contribution < 1.29 is 14.0 Å². The van der Waals surface area contributed by atoms with E-state index in [1.807, 2.05) is 0 Å². The van der Waals surface area contributed by atoms with E-state index < -0.39 is 11.9 Å². The fraction of sp³-hybridized carbons (Fsp3) is 0.150. The van der Waals surface area contributed by atoms with Crippen molar-refractivity contribution in [1.82, 2.24) is 9.78 Å². The number of nitrogens with one attached hydrogen (secondary N) is 2. The Hall–Kier alpha value is -2.90. The number of fused-ring (bicyclic) bond motifs is 1. The summed E-state index contributed by atoms with van der Waals surface area (Å²) in [5, 5.41) is 10.5. The molecule has 2 N–H and O–H groups in total. The Balaban J connectivity index is 1.71. The highest BCUT2D eigenvalue weighted by Crippen LogP contribution is 2.35. The Labute approximate surface area is 175 Å². The van der Waals surface area contributed by atoms with Crippen LogP contribution in [0.4, 0.5) is 15.9 Å². The molecule has 1 atom stereocenters. The third-order valence-corrected chi connectivity index (χ3v) is 5.53. The summed E-state index contributed by atoms with van der Waals surface area (Å²) in [6, 6.07) is 9.87. The van der Waals surface area contributed by atoms with Gasteiger partial charge in [-0.05, 0) is 43.3 Å². The smallest absolute Gasteiger partial charge is 0.249 e. The van der Waals surface area contributed by atoms with Gasteiger partial charge in [0, 0.05) is 11.1 Å². The first-order chi connectivity index (χ1) is 13.8. The number of halogens is 3. The largest absolute Gasteiger partial charge is 0.323 e. The predicted molar refractivity (Wildman–Crippen MR) is 110 cm³/mol. The van der Waals surface area contributed by atoms with Crippen molar-refractivity contribution in [3.05, 3.63) is 63.9 Å². The first-order valence-electron chi connectivity index (χ1n) is 8.75. The second kappa shape index (κ2) is 7.50. The lowest BCUT2D eigenvalue weighted by Gasteiger charge is -2.24. The van der Waals surface area contributed by atoms with Crippen molar-refractivity contribution in [1.29, 1.82) is 0 Å². The van der Waals surface area contributed by atoms with Crippen molar-refractivity contribution in [2.75, 3.05) is 10.6 Å². The summed E-state index contributed by atoms with van der Waals surface area (Å²) in [5.41, 5.74) is 2.26. The zero-order valence-corrected chi connectivity index (χ0v) is 16.7. The van der Waals surface area contributed by atoms with E-state index in [0.29, 0.717) is 33.3 Å². The first-order valence-corrected chi connectivity index (χ1v) is 9.50. The Morgan fingerprint density at radius 2 is 1.97 bits per heavy atom. The van der Waals surface area contributed by atoms with Gasteiger partial charge in [0.1, 0.15) is 17.7 Å². The molecule has 0 unspecified atom stereocenters. The molecular weight excluding hydrogens is 418 g/mol. The molecule has 9 heteroatoms. The minimum atomic E-state index is -0.873. The van der Waals surface area contributed by atoms with Gasteiger partial charge >= 0.3 is 0 Å². The highest BCUT2D eigenvalue weighted by atomic mass is 35.5. The first kappa shape index (κ1) is 19.4. The van der Waals surface area contributed by atoms with Crippen LogP contribution in [0, 0.1) is 12.7 Å². The van der Waals surface area contributed by atoms with Crippen molar-refractivity contribution in [2.45, 2.75) is 19.4 Å². The van der Waals surface area contributed by atoms with Crippen LogP contribution in [-0.4, -0.2) is 21.6 Å². The summed E-state index contributed by atoms with van der Waals surface area (Å²) in [7, 11) is 0. The normalized spacial score (nSPS) is 15.6. The summed E-state index contributed by atoms with van der Waals surface area (Å²) in [5.74, 6) is -0.681. The molecule has 1 aliphatic rings. The summed E-state index contributed by atoms with van der Waals surface area (Å²) >= 11 is 12.1. The van der Waals surface area contributed by atoms with Crippen LogP contribution in [0.5, 0.6) is 0 Å². The van der Waals surface area contributed by atoms with Crippen LogP contribution >= 0.6 is 23.2 Å². The van der Waals surface area contributed by atoms with Gasteiger partial charge in [-0.2, -0.15) is 5.10 Å². The number of hydrogen-bond acceptors (Lipinski definition) is 3. The Morgan fingerprint density at radius 3 is 2.69 bits per heavy atom. The van der Waals surface area contributed by atoms with Crippen LogP contribution in [0.25, 0.3) is 11.3 Å². The van der Waals surface area contributed by atoms with E-state index in [1.54, 1.807) is 37.3 Å². The summed E-state index contributed by atoms with van der Waals surface area (Å²) in [6.45, 7) is 1.78. The van der Waals surface area contributed by atoms with Crippen molar-refractivity contribution in [3.8, 4) is 11.3 Å². The Morgan fingerprint density at radius 1 is 1.24 bits per heavy atom. The number of carbonyl (C=O) groups excluding carboxylic acids is 2. The molecule has 0 spiro atoms. The fourth-order valence-electron chi connectivity index (χ4n) is 3.24. The van der Waals surface area contributed by atoms with Crippen molar-refractivity contribution >= 4 is 46.5 Å². The number of benzene rings is 2. The average molecular weight is 433 g/mol. The van der Waals surface area contributed by atoms with Crippen LogP contribution in [-0.2, 0) is 9.59 Å². The van der Waals surface area contributed by atoms with Gasteiger partial charge in [0.15, 0.2) is 0 Å². The molecule has 0 saturated heterocycles. The van der Waals surface area contributed by atoms with Gasteiger partial charge in [0.2, 0.25) is 11.8 Å². The molecule has 0 bridgehead atoms. The molecule has 148 valence electrons. The molecule has 6 nitrogen and oxygen atoms in total. The molecule has 0 saturated carbocycles. The number of anilines is 2. The maximum Gasteiger partial charge on any atom is 0.249 e. The maximum atomic E-state index is 13.3. The summed E-state index contributed by atoms with van der Waals surface area (Å²) in [6.07, 6.45) is -0.0823. The lowest BCUT2D eigenvalue weighted by atomic mass is 10.1. The third kappa shape index (κ3) is 3.59. The van der Waals surface area contributed by atoms with Crippen molar-refractivity contribution in [2.24, 2.45) is 0 Å². The second-order valence-corrected chi connectivity index (χ2v) is 7.42. The van der Waals surface area contributed by atoms with Crippen LogP contribution in [0.15, 0.2) is 42.5 Å². The highest BCUT2D eigenvalue weighted by Gasteiger charge is 2.34. The SMILES string of the molecule is Cc1c(-c2ccc(F)cc2)nn2c1NC(=O)C[C@H]2C(=O)Nc1cccc(Cl)c1Cl. The van der Waals surface area contributed by atoms with E-state index in [1.165, 1.54) is 16.8 Å². The molecular formula is C20H15Cl2FN4O2. The van der Waals surface area contributed by atoms with E-state index in [4.69, 9.17) is 23.2 Å². The van der Waals surface area contributed by atoms with E-state index in [9.17, 15) is 14.0 Å². The van der Waals surface area contributed by atoms with Gasteiger partial charge in [-0.3, -0.25) is 9.59 Å². The molecule has 0 aliphatic carbocycles. The average Bonchev–Trinajstić information content (AvgIpc) is 3.02. The molecule has 0 radical (unpaired) electrons. The fourth-order valence-corrected chi connectivity index (χ4v) is 3.59. The van der Waals surface area contributed by atoms with Gasteiger partial charge in [-0.15, -0.1) is 0 Å². The van der Waals surface area contributed by atoms with Crippen LogP contribution in [0.2, 0.25) is 10.0 Å². The van der Waals surface area contributed by atoms with Crippen molar-refractivity contribution in [3.63, 3.8) is 0 Å². The minimum absolute atomic E-state index is 0.0823. The van der Waals surface area contributed by atoms with Gasteiger partial charge in [0.05, 0.1) is 27.8 Å². The molecule has 0 fully saturated rings. The predicted octanol–water partition coefficient (Wildman–Crippen LogP) is 4.83. The van der Waals surface area contributed by atoms with E-state index in [-0.39, 0.29) is 23.2 Å². The van der Waals surface area contributed by atoms with Crippen LogP contribution in [0.1, 0.15) is 18.0 Å². The highest BCUT2D eigenvalue weighted by molar-refractivity contribution is 6.44. The van der Waals surface area contributed by atoms with Crippen LogP contribution in [0.3, 0.4) is 0 Å². The molecule has 4 rings (SSSR count). The monoisotopic (exact) mass is 432 g/mol. The summed E-state index contributed by atoms with van der Waals surface area (Å²) in [4.78, 5) is 25.2. The number of rotatable bonds is 3. The molecule has 1 aromatic heterocycles. The molecule has 1 aliphatic heterocycles. The second-order valence-electron chi connectivity index (χ2n) is 6.63. The number of hydrogen-bond donors (Lipinski definition) is 2. The van der Waals surface area contributed by atoms with Gasteiger partial charge < -0.3 is 10.6 Å². The number of carbonyl (C=O) groups is 2. The molecule has 2 amide bonds. The van der Waals surface area contributed by atoms with E-state index in [0.717, 1.165) is 0 Å². The topological polar surface area (TPSA) is 76.0 Å². The maximum absolute atomic E-state index is 13.3. The zero-order chi connectivity index (χ0) is 20.7. The van der Waals surface area contributed by atoms with Gasteiger partial charge in [-0.1, -0.05) is 29.3 Å². The zero-order valence-electron chi connectivity index (χ0n) is 15.2. The lowest BCUT2D eigenvalue weighted by Crippen LogP contribution is -2.36. The van der Waals surface area contributed by atoms with Crippen LogP contribution < -0.4 is 10.6 Å². The molecule has 2 aromatic carbocycles. The molecule has 3 aromatic rings. The number of amides is 2.